The number of carbonyl (C=O) groups is 2. The van der Waals surface area contributed by atoms with Crippen LogP contribution in [0.15, 0.2) is 66.2 Å². The number of hydrogen-bond acceptors (Lipinski definition) is 8. The topological polar surface area (TPSA) is 134 Å². The Morgan fingerprint density at radius 3 is 2.45 bits per heavy atom. The van der Waals surface area contributed by atoms with Gasteiger partial charge in [0.15, 0.2) is 17.3 Å². The minimum Gasteiger partial charge on any atom is -0.463 e. The van der Waals surface area contributed by atoms with Crippen molar-refractivity contribution < 1.29 is 23.1 Å². The predicted molar refractivity (Wildman–Crippen MR) is 188 cm³/mol. The fourth-order valence-electron chi connectivity index (χ4n) is 6.84. The van der Waals surface area contributed by atoms with E-state index in [1.54, 1.807) is 36.4 Å². The lowest BCUT2D eigenvalue weighted by molar-refractivity contribution is -0.148. The summed E-state index contributed by atoms with van der Waals surface area (Å²) in [4.78, 5) is 39.0. The zero-order valence-electron chi connectivity index (χ0n) is 29.0. The van der Waals surface area contributed by atoms with Crippen molar-refractivity contribution in [3.8, 4) is 22.5 Å². The van der Waals surface area contributed by atoms with Gasteiger partial charge in [0.1, 0.15) is 12.9 Å². The summed E-state index contributed by atoms with van der Waals surface area (Å²) in [5.41, 5.74) is 7.87. The van der Waals surface area contributed by atoms with E-state index < -0.39 is 18.1 Å². The molecule has 4 aromatic rings. The highest BCUT2D eigenvalue weighted by molar-refractivity contribution is 6.33. The molecule has 14 heteroatoms. The van der Waals surface area contributed by atoms with Gasteiger partial charge in [-0.3, -0.25) is 14.5 Å². The highest BCUT2D eigenvalue weighted by atomic mass is 35.5. The van der Waals surface area contributed by atoms with Crippen molar-refractivity contribution in [2.75, 3.05) is 6.61 Å². The average Bonchev–Trinajstić information content (AvgIpc) is 3.89. The van der Waals surface area contributed by atoms with Gasteiger partial charge < -0.3 is 10.5 Å². The minimum atomic E-state index is -2.76. The SMILES string of the molecule is CC(C)(C)C[C@]1(c2ccc(-c3cnn(C(F)F)c3)cc2)N=C(N)N([C@H](COC(=O)CC2(C)CC2)c2ccc(Cl)c(-c3ncnn3C3CC3)c2)C1=O. The Bertz CT molecular complexity index is 1990. The summed E-state index contributed by atoms with van der Waals surface area (Å²) in [6.07, 6.45) is 8.64. The van der Waals surface area contributed by atoms with Crippen molar-refractivity contribution in [1.29, 1.82) is 0 Å². The maximum Gasteiger partial charge on any atom is 0.333 e. The van der Waals surface area contributed by atoms with E-state index >= 15 is 4.79 Å². The van der Waals surface area contributed by atoms with Gasteiger partial charge in [0.2, 0.25) is 0 Å². The van der Waals surface area contributed by atoms with Crippen LogP contribution >= 0.6 is 11.6 Å². The van der Waals surface area contributed by atoms with E-state index in [1.807, 2.05) is 31.5 Å². The monoisotopic (exact) mass is 718 g/mol. The molecule has 0 spiro atoms. The van der Waals surface area contributed by atoms with Crippen LogP contribution in [0.4, 0.5) is 8.78 Å². The van der Waals surface area contributed by atoms with Crippen LogP contribution < -0.4 is 5.73 Å². The second-order valence-electron chi connectivity index (χ2n) is 15.5. The Labute approximate surface area is 299 Å². The maximum atomic E-state index is 15.0. The molecule has 268 valence electrons. The van der Waals surface area contributed by atoms with E-state index in [0.29, 0.717) is 49.8 Å². The van der Waals surface area contributed by atoms with Gasteiger partial charge in [0.25, 0.3) is 5.91 Å². The number of halogens is 3. The van der Waals surface area contributed by atoms with Gasteiger partial charge in [-0.2, -0.15) is 19.0 Å². The van der Waals surface area contributed by atoms with Crippen LogP contribution in [-0.2, 0) is 19.9 Å². The van der Waals surface area contributed by atoms with Crippen molar-refractivity contribution in [2.45, 2.75) is 90.4 Å². The normalized spacial score (nSPS) is 20.5. The number of nitrogens with two attached hydrogens (primary N) is 1. The molecular formula is C37H41ClF2N8O3. The smallest absolute Gasteiger partial charge is 0.333 e. The van der Waals surface area contributed by atoms with Crippen LogP contribution in [0.25, 0.3) is 22.5 Å². The van der Waals surface area contributed by atoms with Crippen molar-refractivity contribution in [3.05, 3.63) is 77.3 Å². The lowest BCUT2D eigenvalue weighted by Gasteiger charge is -2.35. The summed E-state index contributed by atoms with van der Waals surface area (Å²) in [5, 5.41) is 8.63. The second kappa shape index (κ2) is 12.8. The first-order valence-corrected chi connectivity index (χ1v) is 17.5. The molecule has 3 aliphatic rings. The molecule has 3 heterocycles. The summed E-state index contributed by atoms with van der Waals surface area (Å²) in [6.45, 7) is 5.18. The molecule has 2 aliphatic carbocycles. The Morgan fingerprint density at radius 1 is 1.10 bits per heavy atom. The van der Waals surface area contributed by atoms with Crippen LogP contribution in [0.2, 0.25) is 5.02 Å². The molecule has 7 rings (SSSR count). The number of carbonyl (C=O) groups excluding carboxylic acids is 2. The molecular weight excluding hydrogens is 678 g/mol. The lowest BCUT2D eigenvalue weighted by Crippen LogP contribution is -2.47. The maximum absolute atomic E-state index is 15.0. The largest absolute Gasteiger partial charge is 0.463 e. The van der Waals surface area contributed by atoms with Crippen LogP contribution in [0, 0.1) is 10.8 Å². The molecule has 0 saturated heterocycles. The van der Waals surface area contributed by atoms with Gasteiger partial charge in [-0.1, -0.05) is 69.6 Å². The minimum absolute atomic E-state index is 0.0145. The van der Waals surface area contributed by atoms with Gasteiger partial charge in [-0.05, 0) is 71.8 Å². The van der Waals surface area contributed by atoms with E-state index in [0.717, 1.165) is 25.7 Å². The number of aliphatic imine (C=N–C) groups is 1. The van der Waals surface area contributed by atoms with Crippen LogP contribution in [0.1, 0.15) is 96.0 Å². The molecule has 2 atom stereocenters. The Balaban J connectivity index is 1.27. The number of rotatable bonds is 12. The van der Waals surface area contributed by atoms with Gasteiger partial charge in [-0.25, -0.2) is 19.3 Å². The number of amides is 1. The van der Waals surface area contributed by atoms with E-state index in [-0.39, 0.29) is 47.7 Å². The van der Waals surface area contributed by atoms with Gasteiger partial charge in [0.05, 0.1) is 29.7 Å². The molecule has 2 aromatic carbocycles. The number of alkyl halides is 2. The Kier molecular flexibility index (Phi) is 8.76. The molecule has 2 saturated carbocycles. The highest BCUT2D eigenvalue weighted by Crippen LogP contribution is 2.49. The molecule has 2 fully saturated rings. The second-order valence-corrected chi connectivity index (χ2v) is 15.9. The Morgan fingerprint density at radius 2 is 1.82 bits per heavy atom. The highest BCUT2D eigenvalue weighted by Gasteiger charge is 2.53. The number of nitrogens with zero attached hydrogens (tertiary/aromatic N) is 7. The van der Waals surface area contributed by atoms with E-state index in [4.69, 9.17) is 27.1 Å². The summed E-state index contributed by atoms with van der Waals surface area (Å²) < 4.78 is 34.8. The standard InChI is InChI=1S/C37H41ClF2N8O3/c1-35(2,3)20-37(25-8-5-22(6-9-25)24-17-43-46(18-24)33(39)40)32(50)47(34(41)45-37)29(19-51-30(49)16-36(4)13-14-36)23-7-12-28(38)27(15-23)31-42-21-44-48(31)26-10-11-26/h5-9,12,15,17-18,21,26,29,33H,10-11,13-14,16,19-20H2,1-4H3,(H2,41,45)/t29-,37-/m1/s1. The fourth-order valence-corrected chi connectivity index (χ4v) is 7.04. The van der Waals surface area contributed by atoms with Gasteiger partial charge in [0, 0.05) is 17.3 Å². The Hall–Kier alpha value is -4.65. The summed E-state index contributed by atoms with van der Waals surface area (Å²) in [7, 11) is 0. The predicted octanol–water partition coefficient (Wildman–Crippen LogP) is 7.46. The molecule has 1 aliphatic heterocycles. The van der Waals surface area contributed by atoms with E-state index in [2.05, 4.69) is 22.1 Å². The molecule has 0 bridgehead atoms. The first-order valence-electron chi connectivity index (χ1n) is 17.1. The quantitative estimate of drug-likeness (QED) is 0.150. The first kappa shape index (κ1) is 34.8. The van der Waals surface area contributed by atoms with Gasteiger partial charge in [-0.15, -0.1) is 0 Å². The van der Waals surface area contributed by atoms with Crippen molar-refractivity contribution in [3.63, 3.8) is 0 Å². The van der Waals surface area contributed by atoms with Crippen molar-refractivity contribution in [2.24, 2.45) is 21.6 Å². The number of ether oxygens (including phenoxy) is 1. The molecule has 2 N–H and O–H groups in total. The molecule has 0 unspecified atom stereocenters. The zero-order chi connectivity index (χ0) is 36.3. The number of hydrogen-bond donors (Lipinski definition) is 1. The average molecular weight is 719 g/mol. The van der Waals surface area contributed by atoms with E-state index in [1.165, 1.54) is 23.6 Å². The number of benzene rings is 2. The van der Waals surface area contributed by atoms with Crippen LogP contribution in [0.5, 0.6) is 0 Å². The number of aromatic nitrogens is 5. The van der Waals surface area contributed by atoms with Crippen LogP contribution in [0.3, 0.4) is 0 Å². The fraction of sp³-hybridized carbons (Fsp3) is 0.459. The third kappa shape index (κ3) is 7.00. The van der Waals surface area contributed by atoms with E-state index in [9.17, 15) is 13.6 Å². The van der Waals surface area contributed by atoms with Crippen molar-refractivity contribution in [1.82, 2.24) is 29.4 Å². The molecule has 1 amide bonds. The molecule has 0 radical (unpaired) electrons. The lowest BCUT2D eigenvalue weighted by atomic mass is 9.75. The summed E-state index contributed by atoms with van der Waals surface area (Å²) in [5.74, 6) is -0.130. The number of guanidine groups is 1. The third-order valence-corrected chi connectivity index (χ3v) is 10.2. The molecule has 2 aromatic heterocycles. The number of esters is 1. The molecule has 51 heavy (non-hydrogen) atoms. The van der Waals surface area contributed by atoms with Crippen molar-refractivity contribution >= 4 is 29.4 Å². The molecule has 11 nitrogen and oxygen atoms in total. The third-order valence-electron chi connectivity index (χ3n) is 9.88. The summed E-state index contributed by atoms with van der Waals surface area (Å²) in [6, 6.07) is 11.9. The summed E-state index contributed by atoms with van der Waals surface area (Å²) >= 11 is 6.75. The first-order chi connectivity index (χ1) is 24.2. The van der Waals surface area contributed by atoms with Crippen LogP contribution in [-0.4, -0.2) is 53.9 Å². The van der Waals surface area contributed by atoms with Gasteiger partial charge >= 0.3 is 12.5 Å². The zero-order valence-corrected chi connectivity index (χ0v) is 29.8.